The van der Waals surface area contributed by atoms with E-state index in [1.54, 1.807) is 19.1 Å². The normalized spacial score (nSPS) is 10.6. The SMILES string of the molecule is CCCOc1ccc2cc(C(=O)OCC)c(=O)oc2c1OCCC. The van der Waals surface area contributed by atoms with E-state index >= 15 is 0 Å². The molecule has 0 spiro atoms. The molecule has 0 saturated carbocycles. The second-order valence-corrected chi connectivity index (χ2v) is 5.18. The topological polar surface area (TPSA) is 75.0 Å². The van der Waals surface area contributed by atoms with Crippen LogP contribution in [0.3, 0.4) is 0 Å². The predicted octanol–water partition coefficient (Wildman–Crippen LogP) is 3.55. The lowest BCUT2D eigenvalue weighted by atomic mass is 10.1. The van der Waals surface area contributed by atoms with Gasteiger partial charge in [-0.25, -0.2) is 9.59 Å². The van der Waals surface area contributed by atoms with Crippen LogP contribution >= 0.6 is 0 Å². The highest BCUT2D eigenvalue weighted by Crippen LogP contribution is 2.35. The molecule has 130 valence electrons. The summed E-state index contributed by atoms with van der Waals surface area (Å²) in [6.45, 7) is 6.83. The first-order valence-electron chi connectivity index (χ1n) is 8.15. The summed E-state index contributed by atoms with van der Waals surface area (Å²) in [5.41, 5.74) is -0.613. The van der Waals surface area contributed by atoms with Crippen LogP contribution in [-0.2, 0) is 4.74 Å². The van der Waals surface area contributed by atoms with Gasteiger partial charge in [0.2, 0.25) is 5.75 Å². The van der Waals surface area contributed by atoms with E-state index in [1.807, 2.05) is 13.8 Å². The Morgan fingerprint density at radius 2 is 1.79 bits per heavy atom. The van der Waals surface area contributed by atoms with Crippen molar-refractivity contribution in [1.29, 1.82) is 0 Å². The molecular weight excluding hydrogens is 312 g/mol. The third kappa shape index (κ3) is 3.88. The maximum Gasteiger partial charge on any atom is 0.351 e. The summed E-state index contributed by atoms with van der Waals surface area (Å²) in [5.74, 6) is 0.204. The van der Waals surface area contributed by atoms with Gasteiger partial charge in [0.15, 0.2) is 11.3 Å². The highest BCUT2D eigenvalue weighted by Gasteiger charge is 2.19. The molecule has 0 amide bonds. The molecule has 1 aromatic heterocycles. The second kappa shape index (κ2) is 8.38. The molecule has 0 fully saturated rings. The summed E-state index contributed by atoms with van der Waals surface area (Å²) in [6, 6.07) is 4.93. The molecule has 2 rings (SSSR count). The van der Waals surface area contributed by atoms with Crippen LogP contribution in [-0.4, -0.2) is 25.8 Å². The van der Waals surface area contributed by atoms with E-state index < -0.39 is 11.6 Å². The monoisotopic (exact) mass is 334 g/mol. The van der Waals surface area contributed by atoms with E-state index in [-0.39, 0.29) is 17.8 Å². The van der Waals surface area contributed by atoms with E-state index in [0.29, 0.717) is 30.1 Å². The number of ether oxygens (including phenoxy) is 3. The Balaban J connectivity index is 2.55. The fraction of sp³-hybridized carbons (Fsp3) is 0.444. The van der Waals surface area contributed by atoms with Crippen molar-refractivity contribution in [3.05, 3.63) is 34.2 Å². The van der Waals surface area contributed by atoms with Crippen molar-refractivity contribution in [3.8, 4) is 11.5 Å². The number of carbonyl (C=O) groups excluding carboxylic acids is 1. The summed E-state index contributed by atoms with van der Waals surface area (Å²) in [7, 11) is 0. The Bertz CT molecular complexity index is 762. The fourth-order valence-electron chi connectivity index (χ4n) is 2.16. The molecule has 1 aromatic carbocycles. The van der Waals surface area contributed by atoms with Crippen LogP contribution in [0.2, 0.25) is 0 Å². The zero-order chi connectivity index (χ0) is 17.5. The largest absolute Gasteiger partial charge is 0.490 e. The number of rotatable bonds is 8. The molecule has 0 N–H and O–H groups in total. The van der Waals surface area contributed by atoms with Crippen LogP contribution in [0.4, 0.5) is 0 Å². The highest BCUT2D eigenvalue weighted by atomic mass is 16.5. The Kier molecular flexibility index (Phi) is 6.23. The Morgan fingerprint density at radius 3 is 2.46 bits per heavy atom. The van der Waals surface area contributed by atoms with E-state index in [9.17, 15) is 9.59 Å². The van der Waals surface area contributed by atoms with Gasteiger partial charge < -0.3 is 18.6 Å². The van der Waals surface area contributed by atoms with Crippen molar-refractivity contribution in [3.63, 3.8) is 0 Å². The minimum atomic E-state index is -0.755. The predicted molar refractivity (Wildman–Crippen MR) is 90.0 cm³/mol. The van der Waals surface area contributed by atoms with Crippen LogP contribution in [0.25, 0.3) is 11.0 Å². The van der Waals surface area contributed by atoms with Gasteiger partial charge in [-0.3, -0.25) is 0 Å². The minimum absolute atomic E-state index is 0.131. The maximum atomic E-state index is 12.1. The first-order chi connectivity index (χ1) is 11.6. The molecule has 1 heterocycles. The first-order valence-corrected chi connectivity index (χ1v) is 8.15. The Hall–Kier alpha value is -2.50. The summed E-state index contributed by atoms with van der Waals surface area (Å²) >= 11 is 0. The number of fused-ring (bicyclic) bond motifs is 1. The van der Waals surface area contributed by atoms with Crippen molar-refractivity contribution in [2.75, 3.05) is 19.8 Å². The van der Waals surface area contributed by atoms with E-state index in [0.717, 1.165) is 12.8 Å². The molecule has 0 radical (unpaired) electrons. The van der Waals surface area contributed by atoms with Gasteiger partial charge in [0.25, 0.3) is 0 Å². The summed E-state index contributed by atoms with van der Waals surface area (Å²) in [5, 5.41) is 0.576. The third-order valence-corrected chi connectivity index (χ3v) is 3.23. The van der Waals surface area contributed by atoms with Crippen LogP contribution in [0.5, 0.6) is 11.5 Å². The molecule has 6 nitrogen and oxygen atoms in total. The van der Waals surface area contributed by atoms with Crippen molar-refractivity contribution >= 4 is 16.9 Å². The van der Waals surface area contributed by atoms with Gasteiger partial charge in [-0.1, -0.05) is 13.8 Å². The molecule has 2 aromatic rings. The lowest BCUT2D eigenvalue weighted by Crippen LogP contribution is -2.16. The molecule has 6 heteroatoms. The van der Waals surface area contributed by atoms with Gasteiger partial charge in [-0.05, 0) is 38.0 Å². The molecular formula is C18H22O6. The van der Waals surface area contributed by atoms with Crippen molar-refractivity contribution in [2.45, 2.75) is 33.6 Å². The average Bonchev–Trinajstić information content (AvgIpc) is 2.58. The lowest BCUT2D eigenvalue weighted by Gasteiger charge is -2.13. The highest BCUT2D eigenvalue weighted by molar-refractivity contribution is 5.94. The molecule has 0 aliphatic heterocycles. The van der Waals surface area contributed by atoms with Gasteiger partial charge in [-0.2, -0.15) is 0 Å². The summed E-state index contributed by atoms with van der Waals surface area (Å²) in [6.07, 6.45) is 1.64. The van der Waals surface area contributed by atoms with Crippen LogP contribution < -0.4 is 15.1 Å². The quantitative estimate of drug-likeness (QED) is 0.543. The molecule has 24 heavy (non-hydrogen) atoms. The minimum Gasteiger partial charge on any atom is -0.490 e. The molecule has 0 unspecified atom stereocenters. The zero-order valence-electron chi connectivity index (χ0n) is 14.2. The third-order valence-electron chi connectivity index (χ3n) is 3.23. The lowest BCUT2D eigenvalue weighted by molar-refractivity contribution is 0.0521. The molecule has 0 saturated heterocycles. The second-order valence-electron chi connectivity index (χ2n) is 5.18. The van der Waals surface area contributed by atoms with Gasteiger partial charge in [0.1, 0.15) is 5.56 Å². The summed E-state index contributed by atoms with van der Waals surface area (Å²) < 4.78 is 21.6. The Labute approximate surface area is 140 Å². The van der Waals surface area contributed by atoms with E-state index in [4.69, 9.17) is 18.6 Å². The van der Waals surface area contributed by atoms with E-state index in [2.05, 4.69) is 0 Å². The van der Waals surface area contributed by atoms with Gasteiger partial charge >= 0.3 is 11.6 Å². The van der Waals surface area contributed by atoms with Crippen molar-refractivity contribution in [2.24, 2.45) is 0 Å². The van der Waals surface area contributed by atoms with Crippen molar-refractivity contribution < 1.29 is 23.4 Å². The number of carbonyl (C=O) groups is 1. The first kappa shape index (κ1) is 17.8. The number of benzene rings is 1. The van der Waals surface area contributed by atoms with Crippen LogP contribution in [0, 0.1) is 0 Å². The van der Waals surface area contributed by atoms with Crippen LogP contribution in [0.15, 0.2) is 27.4 Å². The number of hydrogen-bond acceptors (Lipinski definition) is 6. The molecule has 0 aliphatic rings. The Morgan fingerprint density at radius 1 is 1.08 bits per heavy atom. The smallest absolute Gasteiger partial charge is 0.351 e. The number of esters is 1. The molecule has 0 atom stereocenters. The van der Waals surface area contributed by atoms with Crippen LogP contribution in [0.1, 0.15) is 44.0 Å². The van der Waals surface area contributed by atoms with Gasteiger partial charge in [0.05, 0.1) is 19.8 Å². The average molecular weight is 334 g/mol. The standard InChI is InChI=1S/C18H22O6/c1-4-9-22-14-8-7-12-11-13(17(19)21-6-3)18(20)24-15(12)16(14)23-10-5-2/h7-8,11H,4-6,9-10H2,1-3H3. The number of hydrogen-bond donors (Lipinski definition) is 0. The molecule has 0 bridgehead atoms. The maximum absolute atomic E-state index is 12.1. The van der Waals surface area contributed by atoms with E-state index in [1.165, 1.54) is 6.07 Å². The van der Waals surface area contributed by atoms with Gasteiger partial charge in [0, 0.05) is 5.39 Å². The van der Waals surface area contributed by atoms with Crippen molar-refractivity contribution in [1.82, 2.24) is 0 Å². The molecule has 0 aliphatic carbocycles. The van der Waals surface area contributed by atoms with Gasteiger partial charge in [-0.15, -0.1) is 0 Å². The fourth-order valence-corrected chi connectivity index (χ4v) is 2.16. The zero-order valence-corrected chi connectivity index (χ0v) is 14.2. The summed E-state index contributed by atoms with van der Waals surface area (Å²) in [4.78, 5) is 24.0.